The number of hydrogen-bond acceptors (Lipinski definition) is 3. The molecule has 0 aliphatic heterocycles. The Hall–Kier alpha value is -0.645. The van der Waals surface area contributed by atoms with Crippen LogP contribution in [-0.2, 0) is 26.6 Å². The minimum absolute atomic E-state index is 0.0440. The molecule has 0 atom stereocenters. The van der Waals surface area contributed by atoms with E-state index in [1.807, 2.05) is 0 Å². The van der Waals surface area contributed by atoms with Crippen molar-refractivity contribution in [2.24, 2.45) is 0 Å². The Morgan fingerprint density at radius 1 is 1.45 bits per heavy atom. The van der Waals surface area contributed by atoms with Gasteiger partial charge in [-0.2, -0.15) is 0 Å². The van der Waals surface area contributed by atoms with Gasteiger partial charge in [0.1, 0.15) is 0 Å². The normalized spacial score (nSPS) is 9.27. The van der Waals surface area contributed by atoms with E-state index in [9.17, 15) is 10.1 Å². The molecule has 1 aromatic rings. The van der Waals surface area contributed by atoms with Gasteiger partial charge in [0.25, 0.3) is 0 Å². The third-order valence-corrected chi connectivity index (χ3v) is 2.43. The first kappa shape index (κ1) is 8.45. The second-order valence-electron chi connectivity index (χ2n) is 1.87. The summed E-state index contributed by atoms with van der Waals surface area (Å²) >= 11 is 0.0911. The van der Waals surface area contributed by atoms with Crippen LogP contribution in [0.25, 0.3) is 0 Å². The summed E-state index contributed by atoms with van der Waals surface area (Å²) in [6.07, 6.45) is 0. The molecule has 1 aromatic carbocycles. The monoisotopic (exact) mass is 340 g/mol. The van der Waals surface area contributed by atoms with Crippen molar-refractivity contribution >= 4 is 5.69 Å². The number of nitrogens with zero attached hydrogens (tertiary/aromatic N) is 1. The number of hydrogen-bond donors (Lipinski definition) is 0. The van der Waals surface area contributed by atoms with Crippen LogP contribution in [0.2, 0.25) is 0 Å². The van der Waals surface area contributed by atoms with E-state index in [1.165, 1.54) is 6.07 Å². The first-order valence-corrected chi connectivity index (χ1v) is 5.15. The van der Waals surface area contributed by atoms with Crippen molar-refractivity contribution in [2.75, 3.05) is 0 Å². The van der Waals surface area contributed by atoms with Crippen LogP contribution in [0.4, 0.5) is 5.69 Å². The summed E-state index contributed by atoms with van der Waals surface area (Å²) in [5, 5.41) is 10.3. The third-order valence-electron chi connectivity index (χ3n) is 1.22. The molecule has 0 aliphatic carbocycles. The summed E-state index contributed by atoms with van der Waals surface area (Å²) in [6.45, 7) is 0. The third kappa shape index (κ3) is 1.89. The van der Waals surface area contributed by atoms with Crippen molar-refractivity contribution in [3.8, 4) is 5.75 Å². The average molecular weight is 339 g/mol. The van der Waals surface area contributed by atoms with Crippen molar-refractivity contribution in [3.63, 3.8) is 0 Å². The molecule has 0 N–H and O–H groups in total. The molecule has 11 heavy (non-hydrogen) atoms. The molecule has 0 amide bonds. The van der Waals surface area contributed by atoms with Crippen LogP contribution >= 0.6 is 0 Å². The average Bonchev–Trinajstić information content (AvgIpc) is 2.04. The van der Waals surface area contributed by atoms with E-state index < -0.39 is 4.92 Å². The van der Waals surface area contributed by atoms with E-state index >= 15 is 0 Å². The van der Waals surface area contributed by atoms with Gasteiger partial charge in [-0.05, 0) is 0 Å². The van der Waals surface area contributed by atoms with Gasteiger partial charge < -0.3 is 0 Å². The van der Waals surface area contributed by atoms with Crippen molar-refractivity contribution in [1.29, 1.82) is 0 Å². The molecule has 0 saturated carbocycles. The van der Waals surface area contributed by atoms with Gasteiger partial charge in [0.05, 0.1) is 0 Å². The molecule has 0 saturated heterocycles. The number of nitro benzene ring substituents is 1. The molecule has 0 spiro atoms. The molecule has 0 unspecified atom stereocenters. The Bertz CT molecular complexity index is 276. The topological polar surface area (TPSA) is 52.4 Å². The molecule has 4 nitrogen and oxygen atoms in total. The van der Waals surface area contributed by atoms with Crippen LogP contribution < -0.4 is 2.64 Å². The Morgan fingerprint density at radius 3 is 2.55 bits per heavy atom. The van der Waals surface area contributed by atoms with E-state index in [0.29, 0.717) is 5.75 Å². The summed E-state index contributed by atoms with van der Waals surface area (Å²) in [5.74, 6) is 0.376. The summed E-state index contributed by atoms with van der Waals surface area (Å²) < 4.78 is 4.96. The van der Waals surface area contributed by atoms with E-state index in [4.69, 9.17) is 2.64 Å². The van der Waals surface area contributed by atoms with Gasteiger partial charge in [0.2, 0.25) is 0 Å². The first-order valence-electron chi connectivity index (χ1n) is 2.91. The molecule has 0 fully saturated rings. The zero-order valence-electron chi connectivity index (χ0n) is 5.69. The maximum absolute atomic E-state index is 10.3. The van der Waals surface area contributed by atoms with Crippen LogP contribution in [0.3, 0.4) is 0 Å². The molecule has 0 aromatic heterocycles. The van der Waals surface area contributed by atoms with Gasteiger partial charge in [-0.3, -0.25) is 0 Å². The SMILES string of the molecule is O=[N+]([O-])c1ccccc1[O][Hg]. The molecule has 0 heterocycles. The van der Waals surface area contributed by atoms with Gasteiger partial charge >= 0.3 is 80.0 Å². The Kier molecular flexibility index (Phi) is 2.81. The number of rotatable bonds is 2. The van der Waals surface area contributed by atoms with Crippen LogP contribution in [0.1, 0.15) is 0 Å². The van der Waals surface area contributed by atoms with Gasteiger partial charge in [-0.25, -0.2) is 0 Å². The van der Waals surface area contributed by atoms with Crippen LogP contribution in [-0.4, -0.2) is 4.92 Å². The molecule has 0 aliphatic rings. The fourth-order valence-electron chi connectivity index (χ4n) is 0.730. The molecular formula is C6H4HgNO3. The molecular weight excluding hydrogens is 335 g/mol. The summed E-state index contributed by atoms with van der Waals surface area (Å²) in [5.41, 5.74) is 0.0440. The zero-order chi connectivity index (χ0) is 8.27. The predicted octanol–water partition coefficient (Wildman–Crippen LogP) is 1.44. The van der Waals surface area contributed by atoms with Gasteiger partial charge in [-0.15, -0.1) is 0 Å². The summed E-state index contributed by atoms with van der Waals surface area (Å²) in [7, 11) is 0. The van der Waals surface area contributed by atoms with Crippen molar-refractivity contribution in [1.82, 2.24) is 0 Å². The van der Waals surface area contributed by atoms with Crippen LogP contribution in [0, 0.1) is 10.1 Å². The summed E-state index contributed by atoms with van der Waals surface area (Å²) in [4.78, 5) is 9.89. The summed E-state index contributed by atoms with van der Waals surface area (Å²) in [6, 6.07) is 6.37. The standard InChI is InChI=1S/C6H5NO3.Hg/c8-6-4-2-1-3-5(6)7(9)10;/h1-4,8H;/q;+1/p-1. The second-order valence-corrected chi connectivity index (χ2v) is 2.99. The number of nitro groups is 1. The second kappa shape index (κ2) is 3.66. The zero-order valence-corrected chi connectivity index (χ0v) is 11.2. The van der Waals surface area contributed by atoms with Crippen LogP contribution in [0.5, 0.6) is 5.75 Å². The van der Waals surface area contributed by atoms with Gasteiger partial charge in [-0.1, -0.05) is 0 Å². The first-order chi connectivity index (χ1) is 5.25. The van der Waals surface area contributed by atoms with Crippen molar-refractivity contribution in [2.45, 2.75) is 0 Å². The minimum atomic E-state index is -0.442. The quantitative estimate of drug-likeness (QED) is 0.466. The van der Waals surface area contributed by atoms with Crippen molar-refractivity contribution < 1.29 is 34.1 Å². The van der Waals surface area contributed by atoms with E-state index in [-0.39, 0.29) is 32.3 Å². The Balaban J connectivity index is 3.12. The van der Waals surface area contributed by atoms with Crippen molar-refractivity contribution in [3.05, 3.63) is 34.4 Å². The molecule has 53 valence electrons. The molecule has 5 heteroatoms. The molecule has 0 radical (unpaired) electrons. The van der Waals surface area contributed by atoms with Crippen LogP contribution in [0.15, 0.2) is 24.3 Å². The van der Waals surface area contributed by atoms with E-state index in [2.05, 4.69) is 0 Å². The maximum atomic E-state index is 10.3. The fraction of sp³-hybridized carbons (Fsp3) is 0. The molecule has 0 bridgehead atoms. The van der Waals surface area contributed by atoms with E-state index in [1.54, 1.807) is 18.2 Å². The van der Waals surface area contributed by atoms with E-state index in [0.717, 1.165) is 0 Å². The fourth-order valence-corrected chi connectivity index (χ4v) is 1.68. The van der Waals surface area contributed by atoms with Gasteiger partial charge in [0, 0.05) is 0 Å². The Morgan fingerprint density at radius 2 is 2.09 bits per heavy atom. The van der Waals surface area contributed by atoms with Gasteiger partial charge in [0.15, 0.2) is 0 Å². The Labute approximate surface area is 80.0 Å². The number of benzene rings is 1. The predicted molar refractivity (Wildman–Crippen MR) is 33.7 cm³/mol. The number of para-hydroxylation sites is 2. The molecule has 1 rings (SSSR count).